The van der Waals surface area contributed by atoms with Crippen molar-refractivity contribution in [3.05, 3.63) is 59.6 Å². The van der Waals surface area contributed by atoms with Crippen LogP contribution in [0.2, 0.25) is 5.02 Å². The van der Waals surface area contributed by atoms with Crippen molar-refractivity contribution in [2.24, 2.45) is 5.41 Å². The number of anilines is 2. The Hall–Kier alpha value is -3.69. The van der Waals surface area contributed by atoms with Crippen LogP contribution in [0.5, 0.6) is 0 Å². The molecule has 0 radical (unpaired) electrons. The Bertz CT molecular complexity index is 1300. The van der Waals surface area contributed by atoms with Crippen LogP contribution in [-0.4, -0.2) is 38.5 Å². The van der Waals surface area contributed by atoms with E-state index in [0.29, 0.717) is 38.9 Å². The minimum atomic E-state index is -0.928. The van der Waals surface area contributed by atoms with Gasteiger partial charge in [0.25, 0.3) is 5.91 Å². The van der Waals surface area contributed by atoms with Crippen molar-refractivity contribution in [2.45, 2.75) is 13.8 Å². The summed E-state index contributed by atoms with van der Waals surface area (Å²) in [7, 11) is 0. The zero-order valence-corrected chi connectivity index (χ0v) is 18.0. The van der Waals surface area contributed by atoms with Crippen LogP contribution in [0.25, 0.3) is 22.6 Å². The van der Waals surface area contributed by atoms with Gasteiger partial charge in [0.2, 0.25) is 5.91 Å². The van der Waals surface area contributed by atoms with Gasteiger partial charge >= 0.3 is 0 Å². The Kier molecular flexibility index (Phi) is 5.68. The highest BCUT2D eigenvalue weighted by Crippen LogP contribution is 2.31. The highest BCUT2D eigenvalue weighted by atomic mass is 35.5. The maximum atomic E-state index is 12.3. The molecule has 4 aromatic rings. The highest BCUT2D eigenvalue weighted by Gasteiger charge is 2.26. The van der Waals surface area contributed by atoms with Gasteiger partial charge in [0.1, 0.15) is 5.82 Å². The Labute approximate surface area is 187 Å². The first-order valence-corrected chi connectivity index (χ1v) is 10.1. The molecular formula is C22H20ClN5O4. The molecule has 0 saturated heterocycles. The average Bonchev–Trinajstić information content (AvgIpc) is 3.44. The van der Waals surface area contributed by atoms with Crippen molar-refractivity contribution in [3.63, 3.8) is 0 Å². The summed E-state index contributed by atoms with van der Waals surface area (Å²) in [4.78, 5) is 36.4. The van der Waals surface area contributed by atoms with Gasteiger partial charge in [-0.05, 0) is 50.2 Å². The van der Waals surface area contributed by atoms with E-state index in [1.165, 1.54) is 12.5 Å². The van der Waals surface area contributed by atoms with E-state index >= 15 is 0 Å². The highest BCUT2D eigenvalue weighted by molar-refractivity contribution is 6.33. The first-order chi connectivity index (χ1) is 15.3. The standard InChI is InChI=1S/C22H20ClN5O4/c1-22(2,11-29)21(31)26-13-9-16-19(24-10-13)28-18(27-16)14-8-12(5-6-15(14)23)25-20(30)17-4-3-7-32-17/h3-10,29H,11H2,1-2H3,(H,25,30)(H,26,31)(H,24,27,28). The largest absolute Gasteiger partial charge is 0.459 e. The third kappa shape index (κ3) is 4.34. The number of aromatic amines is 1. The summed E-state index contributed by atoms with van der Waals surface area (Å²) in [5, 5.41) is 15.3. The number of aliphatic hydroxyl groups excluding tert-OH is 1. The minimum absolute atomic E-state index is 0.188. The lowest BCUT2D eigenvalue weighted by molar-refractivity contribution is -0.125. The topological polar surface area (TPSA) is 133 Å². The van der Waals surface area contributed by atoms with Crippen LogP contribution in [0, 0.1) is 5.41 Å². The number of carbonyl (C=O) groups excluding carboxylic acids is 2. The van der Waals surface area contributed by atoms with E-state index in [1.807, 2.05) is 0 Å². The van der Waals surface area contributed by atoms with Gasteiger partial charge in [-0.1, -0.05) is 11.6 Å². The molecule has 0 aliphatic carbocycles. The lowest BCUT2D eigenvalue weighted by Gasteiger charge is -2.20. The van der Waals surface area contributed by atoms with Gasteiger partial charge in [0.15, 0.2) is 11.4 Å². The van der Waals surface area contributed by atoms with E-state index < -0.39 is 5.41 Å². The van der Waals surface area contributed by atoms with Crippen molar-refractivity contribution < 1.29 is 19.1 Å². The second kappa shape index (κ2) is 8.45. The van der Waals surface area contributed by atoms with Crippen molar-refractivity contribution in [3.8, 4) is 11.4 Å². The molecule has 0 aliphatic heterocycles. The maximum absolute atomic E-state index is 12.3. The van der Waals surface area contributed by atoms with Crippen molar-refractivity contribution in [1.29, 1.82) is 0 Å². The Morgan fingerprint density at radius 1 is 1.19 bits per heavy atom. The number of H-pyrrole nitrogens is 1. The van der Waals surface area contributed by atoms with Gasteiger partial charge in [0.05, 0.1) is 40.7 Å². The molecule has 3 aromatic heterocycles. The molecule has 3 heterocycles. The molecule has 1 aromatic carbocycles. The number of nitrogens with one attached hydrogen (secondary N) is 3. The molecule has 0 saturated carbocycles. The van der Waals surface area contributed by atoms with Crippen LogP contribution in [0.3, 0.4) is 0 Å². The van der Waals surface area contributed by atoms with Crippen molar-refractivity contribution in [2.75, 3.05) is 17.2 Å². The smallest absolute Gasteiger partial charge is 0.291 e. The van der Waals surface area contributed by atoms with E-state index in [9.17, 15) is 14.7 Å². The zero-order valence-electron chi connectivity index (χ0n) is 17.3. The van der Waals surface area contributed by atoms with E-state index in [4.69, 9.17) is 16.0 Å². The number of hydrogen-bond donors (Lipinski definition) is 4. The number of hydrogen-bond acceptors (Lipinski definition) is 6. The molecule has 0 bridgehead atoms. The lowest BCUT2D eigenvalue weighted by atomic mass is 9.94. The maximum Gasteiger partial charge on any atom is 0.291 e. The number of nitrogens with zero attached hydrogens (tertiary/aromatic N) is 2. The summed E-state index contributed by atoms with van der Waals surface area (Å²) in [6.45, 7) is 3.00. The van der Waals surface area contributed by atoms with E-state index in [0.717, 1.165) is 0 Å². The molecule has 0 fully saturated rings. The number of benzene rings is 1. The van der Waals surface area contributed by atoms with E-state index in [-0.39, 0.29) is 24.2 Å². The predicted molar refractivity (Wildman–Crippen MR) is 120 cm³/mol. The molecule has 0 atom stereocenters. The number of rotatable bonds is 6. The molecule has 4 N–H and O–H groups in total. The molecule has 164 valence electrons. The average molecular weight is 454 g/mol. The molecule has 32 heavy (non-hydrogen) atoms. The molecule has 9 nitrogen and oxygen atoms in total. The fourth-order valence-corrected chi connectivity index (χ4v) is 3.06. The molecular weight excluding hydrogens is 434 g/mol. The van der Waals surface area contributed by atoms with Gasteiger partial charge in [-0.15, -0.1) is 0 Å². The van der Waals surface area contributed by atoms with Gasteiger partial charge in [0, 0.05) is 11.3 Å². The van der Waals surface area contributed by atoms with Crippen molar-refractivity contribution >= 4 is 46.0 Å². The fraction of sp³-hybridized carbons (Fsp3) is 0.182. The third-order valence-corrected chi connectivity index (χ3v) is 5.16. The molecule has 10 heteroatoms. The normalized spacial score (nSPS) is 11.5. The molecule has 4 rings (SSSR count). The van der Waals surface area contributed by atoms with Gasteiger partial charge < -0.3 is 25.1 Å². The number of halogens is 1. The monoisotopic (exact) mass is 453 g/mol. The molecule has 0 unspecified atom stereocenters. The van der Waals surface area contributed by atoms with Crippen LogP contribution < -0.4 is 10.6 Å². The number of carbonyl (C=O) groups is 2. The summed E-state index contributed by atoms with van der Waals surface area (Å²) < 4.78 is 5.10. The molecule has 0 spiro atoms. The lowest BCUT2D eigenvalue weighted by Crippen LogP contribution is -2.33. The van der Waals surface area contributed by atoms with Crippen LogP contribution in [-0.2, 0) is 4.79 Å². The SMILES string of the molecule is CC(C)(CO)C(=O)Nc1cnc2nc(-c3cc(NC(=O)c4ccco4)ccc3Cl)[nH]c2c1. The number of amides is 2. The zero-order chi connectivity index (χ0) is 22.9. The van der Waals surface area contributed by atoms with Crippen LogP contribution in [0.15, 0.2) is 53.3 Å². The first kappa shape index (κ1) is 21.5. The molecule has 2 amide bonds. The number of imidazole rings is 1. The predicted octanol–water partition coefficient (Wildman–Crippen LogP) is 4.08. The number of pyridine rings is 1. The van der Waals surface area contributed by atoms with Gasteiger partial charge in [-0.3, -0.25) is 9.59 Å². The Balaban J connectivity index is 1.60. The second-order valence-corrected chi connectivity index (χ2v) is 8.21. The number of aliphatic hydroxyl groups is 1. The number of fused-ring (bicyclic) bond motifs is 1. The van der Waals surface area contributed by atoms with Gasteiger partial charge in [-0.25, -0.2) is 9.97 Å². The van der Waals surface area contributed by atoms with E-state index in [2.05, 4.69) is 25.6 Å². The minimum Gasteiger partial charge on any atom is -0.459 e. The summed E-state index contributed by atoms with van der Waals surface area (Å²) in [6.07, 6.45) is 2.91. The third-order valence-electron chi connectivity index (χ3n) is 4.83. The fourth-order valence-electron chi connectivity index (χ4n) is 2.85. The number of aromatic nitrogens is 3. The Morgan fingerprint density at radius 3 is 2.72 bits per heavy atom. The Morgan fingerprint density at radius 2 is 2.00 bits per heavy atom. The first-order valence-electron chi connectivity index (χ1n) is 9.70. The summed E-state index contributed by atoms with van der Waals surface area (Å²) >= 11 is 6.37. The van der Waals surface area contributed by atoms with Gasteiger partial charge in [-0.2, -0.15) is 0 Å². The van der Waals surface area contributed by atoms with Crippen LogP contribution in [0.1, 0.15) is 24.4 Å². The summed E-state index contributed by atoms with van der Waals surface area (Å²) in [5.41, 5.74) is 1.63. The van der Waals surface area contributed by atoms with Crippen LogP contribution >= 0.6 is 11.6 Å². The van der Waals surface area contributed by atoms with Crippen molar-refractivity contribution in [1.82, 2.24) is 15.0 Å². The summed E-state index contributed by atoms with van der Waals surface area (Å²) in [6, 6.07) is 9.90. The summed E-state index contributed by atoms with van der Waals surface area (Å²) in [5.74, 6) is -0.0798. The second-order valence-electron chi connectivity index (χ2n) is 7.80. The van der Waals surface area contributed by atoms with Crippen LogP contribution in [0.4, 0.5) is 11.4 Å². The quantitative estimate of drug-likeness (QED) is 0.347. The molecule has 0 aliphatic rings. The number of furan rings is 1. The van der Waals surface area contributed by atoms with E-state index in [1.54, 1.807) is 50.2 Å².